The molecule has 1 heterocycles. The van der Waals surface area contributed by atoms with E-state index in [1.54, 1.807) is 6.07 Å². The number of hydrogen-bond donors (Lipinski definition) is 0. The summed E-state index contributed by atoms with van der Waals surface area (Å²) in [6.45, 7) is 6.71. The fourth-order valence-corrected chi connectivity index (χ4v) is 2.78. The molecule has 0 amide bonds. The molecule has 3 rings (SSSR count). The summed E-state index contributed by atoms with van der Waals surface area (Å²) in [6.07, 6.45) is 2.25. The molecule has 0 saturated carbocycles. The standard InChI is InChI=1S/C20H22FNO/c1-16(10-11-22-12-14-23-15-13-22)17-6-8-18(9-7-17)19-4-2-3-5-20(19)21/h2-10H,11-15H2,1H3. The minimum Gasteiger partial charge on any atom is -0.379 e. The van der Waals surface area contributed by atoms with Crippen molar-refractivity contribution in [3.8, 4) is 11.1 Å². The Morgan fingerprint density at radius 1 is 1.09 bits per heavy atom. The van der Waals surface area contributed by atoms with Crippen molar-refractivity contribution >= 4 is 5.57 Å². The van der Waals surface area contributed by atoms with Gasteiger partial charge in [-0.1, -0.05) is 48.5 Å². The summed E-state index contributed by atoms with van der Waals surface area (Å²) in [5.74, 6) is -0.181. The summed E-state index contributed by atoms with van der Waals surface area (Å²) >= 11 is 0. The quantitative estimate of drug-likeness (QED) is 0.838. The molecule has 3 heteroatoms. The molecule has 0 atom stereocenters. The summed E-state index contributed by atoms with van der Waals surface area (Å²) in [5, 5.41) is 0. The Labute approximate surface area is 137 Å². The van der Waals surface area contributed by atoms with Crippen LogP contribution in [0.3, 0.4) is 0 Å². The Balaban J connectivity index is 1.70. The maximum Gasteiger partial charge on any atom is 0.131 e. The number of nitrogens with zero attached hydrogens (tertiary/aromatic N) is 1. The molecule has 1 fully saturated rings. The zero-order chi connectivity index (χ0) is 16.1. The first-order valence-corrected chi connectivity index (χ1v) is 8.06. The molecule has 0 aromatic heterocycles. The van der Waals surface area contributed by atoms with Crippen LogP contribution in [0.1, 0.15) is 12.5 Å². The fraction of sp³-hybridized carbons (Fsp3) is 0.300. The van der Waals surface area contributed by atoms with Crippen LogP contribution < -0.4 is 0 Å². The van der Waals surface area contributed by atoms with Crippen LogP contribution in [0.15, 0.2) is 54.6 Å². The van der Waals surface area contributed by atoms with E-state index in [1.165, 1.54) is 17.2 Å². The van der Waals surface area contributed by atoms with Gasteiger partial charge in [-0.25, -0.2) is 4.39 Å². The van der Waals surface area contributed by atoms with Gasteiger partial charge in [0.1, 0.15) is 5.82 Å². The zero-order valence-corrected chi connectivity index (χ0v) is 13.5. The summed E-state index contributed by atoms with van der Waals surface area (Å²) in [7, 11) is 0. The summed E-state index contributed by atoms with van der Waals surface area (Å²) in [6, 6.07) is 15.0. The summed E-state index contributed by atoms with van der Waals surface area (Å²) in [4.78, 5) is 2.39. The van der Waals surface area contributed by atoms with Crippen molar-refractivity contribution in [2.45, 2.75) is 6.92 Å². The molecular weight excluding hydrogens is 289 g/mol. The highest BCUT2D eigenvalue weighted by atomic mass is 19.1. The average Bonchev–Trinajstić information content (AvgIpc) is 2.61. The minimum atomic E-state index is -0.181. The van der Waals surface area contributed by atoms with Crippen molar-refractivity contribution in [3.63, 3.8) is 0 Å². The molecule has 1 aliphatic rings. The maximum atomic E-state index is 13.8. The van der Waals surface area contributed by atoms with Crippen LogP contribution >= 0.6 is 0 Å². The van der Waals surface area contributed by atoms with E-state index in [9.17, 15) is 4.39 Å². The molecule has 2 aromatic carbocycles. The summed E-state index contributed by atoms with van der Waals surface area (Å²) in [5.41, 5.74) is 3.98. The number of hydrogen-bond acceptors (Lipinski definition) is 2. The predicted octanol–water partition coefficient (Wildman–Crippen LogP) is 4.23. The third-order valence-corrected chi connectivity index (χ3v) is 4.28. The third-order valence-electron chi connectivity index (χ3n) is 4.28. The van der Waals surface area contributed by atoms with E-state index >= 15 is 0 Å². The van der Waals surface area contributed by atoms with Crippen LogP contribution in [0, 0.1) is 5.82 Å². The van der Waals surface area contributed by atoms with Gasteiger partial charge in [0.2, 0.25) is 0 Å². The molecule has 1 saturated heterocycles. The SMILES string of the molecule is CC(=CCN1CCOCC1)c1ccc(-c2ccccc2F)cc1. The second-order valence-electron chi connectivity index (χ2n) is 5.86. The lowest BCUT2D eigenvalue weighted by molar-refractivity contribution is 0.0435. The minimum absolute atomic E-state index is 0.181. The average molecular weight is 311 g/mol. The molecule has 2 aromatic rings. The van der Waals surface area contributed by atoms with Gasteiger partial charge in [-0.3, -0.25) is 4.90 Å². The van der Waals surface area contributed by atoms with Crippen molar-refractivity contribution in [2.75, 3.05) is 32.8 Å². The highest BCUT2D eigenvalue weighted by Crippen LogP contribution is 2.24. The number of ether oxygens (including phenoxy) is 1. The second kappa shape index (κ2) is 7.53. The van der Waals surface area contributed by atoms with Gasteiger partial charge in [0.15, 0.2) is 0 Å². The zero-order valence-electron chi connectivity index (χ0n) is 13.5. The highest BCUT2D eigenvalue weighted by molar-refractivity contribution is 5.69. The Hall–Kier alpha value is -1.97. The molecule has 0 bridgehead atoms. The lowest BCUT2D eigenvalue weighted by atomic mass is 10.0. The fourth-order valence-electron chi connectivity index (χ4n) is 2.78. The first-order chi connectivity index (χ1) is 11.2. The van der Waals surface area contributed by atoms with E-state index in [2.05, 4.69) is 30.0 Å². The molecule has 0 N–H and O–H groups in total. The molecule has 0 unspecified atom stereocenters. The molecule has 0 aliphatic carbocycles. The van der Waals surface area contributed by atoms with E-state index < -0.39 is 0 Å². The molecule has 1 aliphatic heterocycles. The molecular formula is C20H22FNO. The normalized spacial score (nSPS) is 16.5. The van der Waals surface area contributed by atoms with Crippen molar-refractivity contribution in [1.82, 2.24) is 4.90 Å². The first-order valence-electron chi connectivity index (χ1n) is 8.06. The Morgan fingerprint density at radius 3 is 2.48 bits per heavy atom. The van der Waals surface area contributed by atoms with Crippen LogP contribution in [-0.4, -0.2) is 37.7 Å². The summed E-state index contributed by atoms with van der Waals surface area (Å²) < 4.78 is 19.2. The van der Waals surface area contributed by atoms with E-state index in [-0.39, 0.29) is 5.82 Å². The van der Waals surface area contributed by atoms with Crippen molar-refractivity contribution < 1.29 is 9.13 Å². The molecule has 2 nitrogen and oxygen atoms in total. The van der Waals surface area contributed by atoms with Crippen LogP contribution in [0.25, 0.3) is 16.7 Å². The van der Waals surface area contributed by atoms with Gasteiger partial charge in [-0.05, 0) is 29.7 Å². The van der Waals surface area contributed by atoms with Crippen LogP contribution in [-0.2, 0) is 4.74 Å². The molecule has 120 valence electrons. The van der Waals surface area contributed by atoms with Gasteiger partial charge in [0.25, 0.3) is 0 Å². The van der Waals surface area contributed by atoms with Crippen LogP contribution in [0.5, 0.6) is 0 Å². The highest BCUT2D eigenvalue weighted by Gasteiger charge is 2.09. The van der Waals surface area contributed by atoms with E-state index in [4.69, 9.17) is 4.74 Å². The van der Waals surface area contributed by atoms with E-state index in [0.29, 0.717) is 5.56 Å². The van der Waals surface area contributed by atoms with Gasteiger partial charge in [0.05, 0.1) is 13.2 Å². The molecule has 0 spiro atoms. The monoisotopic (exact) mass is 311 g/mol. The largest absolute Gasteiger partial charge is 0.379 e. The Morgan fingerprint density at radius 2 is 1.78 bits per heavy atom. The van der Waals surface area contributed by atoms with Gasteiger partial charge in [0, 0.05) is 25.2 Å². The van der Waals surface area contributed by atoms with E-state index in [0.717, 1.165) is 38.4 Å². The lowest BCUT2D eigenvalue weighted by Gasteiger charge is -2.25. The molecule has 23 heavy (non-hydrogen) atoms. The number of morpholine rings is 1. The second-order valence-corrected chi connectivity index (χ2v) is 5.86. The van der Waals surface area contributed by atoms with Crippen molar-refractivity contribution in [2.24, 2.45) is 0 Å². The van der Waals surface area contributed by atoms with Gasteiger partial charge in [-0.2, -0.15) is 0 Å². The molecule has 0 radical (unpaired) electrons. The van der Waals surface area contributed by atoms with Crippen LogP contribution in [0.2, 0.25) is 0 Å². The van der Waals surface area contributed by atoms with Crippen molar-refractivity contribution in [1.29, 1.82) is 0 Å². The maximum absolute atomic E-state index is 13.8. The van der Waals surface area contributed by atoms with Gasteiger partial charge < -0.3 is 4.74 Å². The van der Waals surface area contributed by atoms with Gasteiger partial charge in [-0.15, -0.1) is 0 Å². The van der Waals surface area contributed by atoms with E-state index in [1.807, 2.05) is 24.3 Å². The number of allylic oxidation sites excluding steroid dienone is 1. The number of halogens is 1. The van der Waals surface area contributed by atoms with Crippen molar-refractivity contribution in [3.05, 3.63) is 66.0 Å². The first kappa shape index (κ1) is 15.9. The number of benzene rings is 2. The third kappa shape index (κ3) is 4.06. The lowest BCUT2D eigenvalue weighted by Crippen LogP contribution is -2.36. The van der Waals surface area contributed by atoms with Crippen LogP contribution in [0.4, 0.5) is 4.39 Å². The smallest absolute Gasteiger partial charge is 0.131 e. The Kier molecular flexibility index (Phi) is 5.21. The predicted molar refractivity (Wildman–Crippen MR) is 92.7 cm³/mol. The Bertz CT molecular complexity index is 672. The van der Waals surface area contributed by atoms with Gasteiger partial charge >= 0.3 is 0 Å². The number of rotatable bonds is 4. The topological polar surface area (TPSA) is 12.5 Å².